The Hall–Kier alpha value is -1.11. The van der Waals surface area contributed by atoms with Crippen molar-refractivity contribution in [2.45, 2.75) is 25.9 Å². The number of amidine groups is 1. The van der Waals surface area contributed by atoms with Crippen molar-refractivity contribution < 1.29 is 5.11 Å². The molecule has 0 radical (unpaired) electrons. The SMILES string of the molecule is CCCC(O)c1ccc(Br)cc1/C(=N/N)NN. The van der Waals surface area contributed by atoms with Gasteiger partial charge in [-0.1, -0.05) is 35.3 Å². The van der Waals surface area contributed by atoms with Gasteiger partial charge in [0.1, 0.15) is 0 Å². The maximum absolute atomic E-state index is 10.1. The first-order chi connectivity index (χ1) is 8.13. The fraction of sp³-hybridized carbons (Fsp3) is 0.364. The van der Waals surface area contributed by atoms with E-state index >= 15 is 0 Å². The molecule has 17 heavy (non-hydrogen) atoms. The van der Waals surface area contributed by atoms with Gasteiger partial charge in [-0.05, 0) is 24.1 Å². The Bertz CT molecular complexity index is 408. The zero-order valence-electron chi connectivity index (χ0n) is 9.65. The number of hydrazine groups is 1. The van der Waals surface area contributed by atoms with E-state index in [1.54, 1.807) is 0 Å². The second kappa shape index (κ2) is 6.58. The van der Waals surface area contributed by atoms with E-state index in [-0.39, 0.29) is 0 Å². The van der Waals surface area contributed by atoms with Crippen molar-refractivity contribution >= 4 is 21.8 Å². The summed E-state index contributed by atoms with van der Waals surface area (Å²) in [6.07, 6.45) is 1.02. The highest BCUT2D eigenvalue weighted by Crippen LogP contribution is 2.25. The van der Waals surface area contributed by atoms with E-state index in [4.69, 9.17) is 11.7 Å². The van der Waals surface area contributed by atoms with E-state index in [0.29, 0.717) is 17.8 Å². The third-order valence-corrected chi connectivity index (χ3v) is 2.95. The number of aliphatic hydroxyl groups excluding tert-OH is 1. The molecule has 0 aliphatic carbocycles. The lowest BCUT2D eigenvalue weighted by Crippen LogP contribution is -2.33. The summed E-state index contributed by atoms with van der Waals surface area (Å²) in [7, 11) is 0. The van der Waals surface area contributed by atoms with E-state index in [1.165, 1.54) is 0 Å². The van der Waals surface area contributed by atoms with Crippen LogP contribution in [-0.4, -0.2) is 10.9 Å². The highest BCUT2D eigenvalue weighted by Gasteiger charge is 2.15. The molecule has 0 saturated heterocycles. The Morgan fingerprint density at radius 1 is 1.59 bits per heavy atom. The van der Waals surface area contributed by atoms with Crippen LogP contribution in [0.3, 0.4) is 0 Å². The zero-order valence-corrected chi connectivity index (χ0v) is 11.2. The summed E-state index contributed by atoms with van der Waals surface area (Å²) in [6, 6.07) is 5.52. The summed E-state index contributed by atoms with van der Waals surface area (Å²) in [5.74, 6) is 11.0. The summed E-state index contributed by atoms with van der Waals surface area (Å²) < 4.78 is 0.872. The molecule has 0 bridgehead atoms. The number of aliphatic hydroxyl groups is 1. The van der Waals surface area contributed by atoms with Crippen LogP contribution in [0.4, 0.5) is 0 Å². The molecule has 1 rings (SSSR count). The van der Waals surface area contributed by atoms with Gasteiger partial charge in [0.05, 0.1) is 6.10 Å². The standard InChI is InChI=1S/C11H17BrN4O/c1-2-3-10(17)8-5-4-7(12)6-9(8)11(15-13)16-14/h4-6,10,17H,2-3,13-14H2,1H3,(H,15,16). The largest absolute Gasteiger partial charge is 0.388 e. The molecule has 0 aliphatic heterocycles. The number of nitrogens with zero attached hydrogens (tertiary/aromatic N) is 1. The molecule has 1 unspecified atom stereocenters. The van der Waals surface area contributed by atoms with Crippen LogP contribution >= 0.6 is 15.9 Å². The van der Waals surface area contributed by atoms with Gasteiger partial charge < -0.3 is 16.4 Å². The normalized spacial score (nSPS) is 13.5. The summed E-state index contributed by atoms with van der Waals surface area (Å²) in [5, 5.41) is 13.6. The minimum absolute atomic E-state index is 0.344. The monoisotopic (exact) mass is 300 g/mol. The van der Waals surface area contributed by atoms with Crippen LogP contribution in [0.15, 0.2) is 27.8 Å². The van der Waals surface area contributed by atoms with Gasteiger partial charge in [-0.15, -0.1) is 0 Å². The number of hydrazone groups is 1. The fourth-order valence-electron chi connectivity index (χ4n) is 1.64. The highest BCUT2D eigenvalue weighted by molar-refractivity contribution is 9.10. The van der Waals surface area contributed by atoms with Crippen LogP contribution in [-0.2, 0) is 0 Å². The molecule has 0 aromatic heterocycles. The first kappa shape index (κ1) is 14.0. The summed E-state index contributed by atoms with van der Waals surface area (Å²) in [6.45, 7) is 2.01. The number of nitrogens with two attached hydrogens (primary N) is 2. The molecule has 1 aromatic carbocycles. The lowest BCUT2D eigenvalue weighted by atomic mass is 9.99. The van der Waals surface area contributed by atoms with Crippen LogP contribution in [0.5, 0.6) is 0 Å². The van der Waals surface area contributed by atoms with Crippen molar-refractivity contribution in [3.8, 4) is 0 Å². The second-order valence-electron chi connectivity index (χ2n) is 3.66. The van der Waals surface area contributed by atoms with Crippen molar-refractivity contribution in [3.05, 3.63) is 33.8 Å². The second-order valence-corrected chi connectivity index (χ2v) is 4.57. The fourth-order valence-corrected chi connectivity index (χ4v) is 2.00. The Morgan fingerprint density at radius 2 is 2.29 bits per heavy atom. The molecular weight excluding hydrogens is 284 g/mol. The molecule has 6 N–H and O–H groups in total. The number of halogens is 1. The summed E-state index contributed by atoms with van der Waals surface area (Å²) >= 11 is 3.37. The van der Waals surface area contributed by atoms with E-state index in [2.05, 4.69) is 26.5 Å². The molecular formula is C11H17BrN4O. The average molecular weight is 301 g/mol. The van der Waals surface area contributed by atoms with Gasteiger partial charge in [0.2, 0.25) is 0 Å². The van der Waals surface area contributed by atoms with E-state index < -0.39 is 6.10 Å². The third-order valence-electron chi connectivity index (χ3n) is 2.46. The summed E-state index contributed by atoms with van der Waals surface area (Å²) in [5.41, 5.74) is 3.89. The minimum Gasteiger partial charge on any atom is -0.388 e. The highest BCUT2D eigenvalue weighted by atomic mass is 79.9. The van der Waals surface area contributed by atoms with Gasteiger partial charge in [-0.3, -0.25) is 0 Å². The number of nitrogens with one attached hydrogen (secondary N) is 1. The topological polar surface area (TPSA) is 96.7 Å². The Labute approximate surface area is 109 Å². The predicted molar refractivity (Wildman–Crippen MR) is 72.1 cm³/mol. The molecule has 94 valence electrons. The number of rotatable bonds is 4. The maximum atomic E-state index is 10.1. The molecule has 5 nitrogen and oxygen atoms in total. The van der Waals surface area contributed by atoms with Gasteiger partial charge >= 0.3 is 0 Å². The molecule has 0 saturated carbocycles. The number of benzene rings is 1. The van der Waals surface area contributed by atoms with Crippen molar-refractivity contribution in [1.82, 2.24) is 5.43 Å². The van der Waals surface area contributed by atoms with Crippen LogP contribution < -0.4 is 17.1 Å². The van der Waals surface area contributed by atoms with Crippen LogP contribution in [0.25, 0.3) is 0 Å². The maximum Gasteiger partial charge on any atom is 0.167 e. The molecule has 0 amide bonds. The molecule has 6 heteroatoms. The van der Waals surface area contributed by atoms with Crippen molar-refractivity contribution in [2.24, 2.45) is 16.8 Å². The molecule has 0 fully saturated rings. The lowest BCUT2D eigenvalue weighted by Gasteiger charge is -2.16. The Morgan fingerprint density at radius 3 is 2.82 bits per heavy atom. The van der Waals surface area contributed by atoms with Crippen molar-refractivity contribution in [3.63, 3.8) is 0 Å². The van der Waals surface area contributed by atoms with Crippen LogP contribution in [0, 0.1) is 0 Å². The quantitative estimate of drug-likeness (QED) is 0.292. The van der Waals surface area contributed by atoms with Crippen molar-refractivity contribution in [2.75, 3.05) is 0 Å². The Kier molecular flexibility index (Phi) is 5.40. The zero-order chi connectivity index (χ0) is 12.8. The van der Waals surface area contributed by atoms with Gasteiger partial charge in [0.25, 0.3) is 0 Å². The van der Waals surface area contributed by atoms with Crippen LogP contribution in [0.2, 0.25) is 0 Å². The minimum atomic E-state index is -0.548. The van der Waals surface area contributed by atoms with Gasteiger partial charge in [-0.25, -0.2) is 5.84 Å². The molecule has 0 aliphatic rings. The average Bonchev–Trinajstić information content (AvgIpc) is 2.31. The summed E-state index contributed by atoms with van der Waals surface area (Å²) in [4.78, 5) is 0. The van der Waals surface area contributed by atoms with E-state index in [0.717, 1.165) is 16.5 Å². The number of hydrogen-bond acceptors (Lipinski definition) is 4. The third kappa shape index (κ3) is 3.42. The first-order valence-electron chi connectivity index (χ1n) is 5.36. The van der Waals surface area contributed by atoms with Gasteiger partial charge in [0.15, 0.2) is 5.84 Å². The number of hydrogen-bond donors (Lipinski definition) is 4. The van der Waals surface area contributed by atoms with Crippen molar-refractivity contribution in [1.29, 1.82) is 0 Å². The predicted octanol–water partition coefficient (Wildman–Crippen LogP) is 1.37. The van der Waals surface area contributed by atoms with Gasteiger partial charge in [-0.2, -0.15) is 5.10 Å². The van der Waals surface area contributed by atoms with Crippen LogP contribution in [0.1, 0.15) is 37.0 Å². The molecule has 0 spiro atoms. The first-order valence-corrected chi connectivity index (χ1v) is 6.15. The molecule has 1 atom stereocenters. The molecule has 0 heterocycles. The Balaban J connectivity index is 3.20. The molecule has 1 aromatic rings. The van der Waals surface area contributed by atoms with E-state index in [1.807, 2.05) is 25.1 Å². The van der Waals surface area contributed by atoms with E-state index in [9.17, 15) is 5.11 Å². The van der Waals surface area contributed by atoms with Gasteiger partial charge in [0, 0.05) is 10.0 Å². The smallest absolute Gasteiger partial charge is 0.167 e. The lowest BCUT2D eigenvalue weighted by molar-refractivity contribution is 0.166.